The Kier molecular flexibility index (Phi) is 9.61. The maximum atomic E-state index is 5.14. The average Bonchev–Trinajstić information content (AvgIpc) is 2.43. The van der Waals surface area contributed by atoms with Crippen LogP contribution in [0.25, 0.3) is 0 Å². The van der Waals surface area contributed by atoms with Gasteiger partial charge in [0.05, 0.1) is 0 Å². The number of halogens is 1. The van der Waals surface area contributed by atoms with Crippen LogP contribution >= 0.6 is 27.7 Å². The minimum atomic E-state index is 0.562. The fraction of sp³-hybridized carbons (Fsp3) is 0.600. The number of ether oxygens (including phenoxy) is 1. The van der Waals surface area contributed by atoms with Crippen LogP contribution in [0.1, 0.15) is 26.2 Å². The van der Waals surface area contributed by atoms with E-state index < -0.39 is 0 Å². The molecule has 108 valence electrons. The zero-order chi connectivity index (χ0) is 13.9. The Morgan fingerprint density at radius 1 is 1.37 bits per heavy atom. The average molecular weight is 346 g/mol. The Labute approximate surface area is 129 Å². The van der Waals surface area contributed by atoms with E-state index in [0.717, 1.165) is 25.3 Å². The van der Waals surface area contributed by atoms with Gasteiger partial charge in [0.25, 0.3) is 0 Å². The van der Waals surface area contributed by atoms with E-state index in [2.05, 4.69) is 52.4 Å². The first kappa shape index (κ1) is 17.0. The fourth-order valence-corrected chi connectivity index (χ4v) is 3.49. The Balaban J connectivity index is 2.40. The fourth-order valence-electron chi connectivity index (χ4n) is 1.82. The van der Waals surface area contributed by atoms with Crippen molar-refractivity contribution in [2.45, 2.75) is 37.1 Å². The Morgan fingerprint density at radius 2 is 2.16 bits per heavy atom. The predicted octanol–water partition coefficient (Wildman–Crippen LogP) is 4.34. The lowest BCUT2D eigenvalue weighted by Gasteiger charge is -2.18. The highest BCUT2D eigenvalue weighted by molar-refractivity contribution is 9.10. The van der Waals surface area contributed by atoms with E-state index in [4.69, 9.17) is 4.74 Å². The quantitative estimate of drug-likeness (QED) is 0.503. The predicted molar refractivity (Wildman–Crippen MR) is 88.1 cm³/mol. The second-order valence-electron chi connectivity index (χ2n) is 4.53. The van der Waals surface area contributed by atoms with Crippen LogP contribution in [0.5, 0.6) is 0 Å². The SMILES string of the molecule is CCCNC(CCCOC)CSc1ccccc1Br. The van der Waals surface area contributed by atoms with Crippen LogP contribution in [-0.2, 0) is 4.74 Å². The van der Waals surface area contributed by atoms with Crippen molar-refractivity contribution in [1.29, 1.82) is 0 Å². The molecule has 0 saturated carbocycles. The number of nitrogens with one attached hydrogen (secondary N) is 1. The minimum Gasteiger partial charge on any atom is -0.385 e. The lowest BCUT2D eigenvalue weighted by molar-refractivity contribution is 0.189. The minimum absolute atomic E-state index is 0.562. The van der Waals surface area contributed by atoms with Crippen molar-refractivity contribution < 1.29 is 4.74 Å². The molecule has 1 aromatic carbocycles. The molecule has 0 heterocycles. The number of hydrogen-bond donors (Lipinski definition) is 1. The van der Waals surface area contributed by atoms with Crippen LogP contribution in [0.3, 0.4) is 0 Å². The first-order valence-corrected chi connectivity index (χ1v) is 8.65. The first-order chi connectivity index (χ1) is 9.27. The van der Waals surface area contributed by atoms with Gasteiger partial charge >= 0.3 is 0 Å². The summed E-state index contributed by atoms with van der Waals surface area (Å²) in [4.78, 5) is 1.32. The van der Waals surface area contributed by atoms with Crippen molar-refractivity contribution >= 4 is 27.7 Å². The van der Waals surface area contributed by atoms with Crippen molar-refractivity contribution in [3.05, 3.63) is 28.7 Å². The molecule has 4 heteroatoms. The Bertz CT molecular complexity index is 349. The standard InChI is InChI=1S/C15H24BrNOS/c1-3-10-17-13(7-6-11-18-2)12-19-15-9-5-4-8-14(15)16/h4-5,8-9,13,17H,3,6-7,10-12H2,1-2H3. The van der Waals surface area contributed by atoms with Crippen LogP contribution < -0.4 is 5.32 Å². The van der Waals surface area contributed by atoms with E-state index >= 15 is 0 Å². The lowest BCUT2D eigenvalue weighted by atomic mass is 10.2. The zero-order valence-corrected chi connectivity index (χ0v) is 14.2. The van der Waals surface area contributed by atoms with Crippen molar-refractivity contribution in [1.82, 2.24) is 5.32 Å². The van der Waals surface area contributed by atoms with Crippen LogP contribution in [0, 0.1) is 0 Å². The molecule has 1 aromatic rings. The Hall–Kier alpha value is -0.0300. The van der Waals surface area contributed by atoms with Gasteiger partial charge in [-0.1, -0.05) is 19.1 Å². The summed E-state index contributed by atoms with van der Waals surface area (Å²) in [5, 5.41) is 3.63. The van der Waals surface area contributed by atoms with Gasteiger partial charge in [0, 0.05) is 34.9 Å². The van der Waals surface area contributed by atoms with Gasteiger partial charge in [0.1, 0.15) is 0 Å². The first-order valence-electron chi connectivity index (χ1n) is 6.87. The summed E-state index contributed by atoms with van der Waals surface area (Å²) in [6.45, 7) is 4.15. The Morgan fingerprint density at radius 3 is 2.84 bits per heavy atom. The summed E-state index contributed by atoms with van der Waals surface area (Å²) in [5.74, 6) is 1.10. The third kappa shape index (κ3) is 7.35. The van der Waals surface area contributed by atoms with E-state index in [1.807, 2.05) is 11.8 Å². The second kappa shape index (κ2) is 10.7. The third-order valence-electron chi connectivity index (χ3n) is 2.86. The highest BCUT2D eigenvalue weighted by atomic mass is 79.9. The molecule has 1 unspecified atom stereocenters. The van der Waals surface area contributed by atoms with Crippen LogP contribution in [0.2, 0.25) is 0 Å². The smallest absolute Gasteiger partial charge is 0.0462 e. The number of benzene rings is 1. The molecule has 0 saturated heterocycles. The van der Waals surface area contributed by atoms with Gasteiger partial charge in [-0.3, -0.25) is 0 Å². The van der Waals surface area contributed by atoms with E-state index in [0.29, 0.717) is 6.04 Å². The normalized spacial score (nSPS) is 12.6. The van der Waals surface area contributed by atoms with Gasteiger partial charge in [0.15, 0.2) is 0 Å². The third-order valence-corrected chi connectivity index (χ3v) is 5.05. The van der Waals surface area contributed by atoms with Crippen LogP contribution in [0.4, 0.5) is 0 Å². The molecule has 0 bridgehead atoms. The van der Waals surface area contributed by atoms with E-state index in [1.165, 1.54) is 22.2 Å². The van der Waals surface area contributed by atoms with Crippen molar-refractivity contribution in [3.8, 4) is 0 Å². The van der Waals surface area contributed by atoms with E-state index in [-0.39, 0.29) is 0 Å². The molecule has 0 fully saturated rings. The maximum Gasteiger partial charge on any atom is 0.0462 e. The van der Waals surface area contributed by atoms with Crippen molar-refractivity contribution in [2.75, 3.05) is 26.0 Å². The van der Waals surface area contributed by atoms with Gasteiger partial charge in [-0.05, 0) is 53.9 Å². The number of thioether (sulfide) groups is 1. The molecule has 1 rings (SSSR count). The summed E-state index contributed by atoms with van der Waals surface area (Å²) >= 11 is 5.52. The lowest BCUT2D eigenvalue weighted by Crippen LogP contribution is -2.32. The van der Waals surface area contributed by atoms with Gasteiger partial charge in [0.2, 0.25) is 0 Å². The summed E-state index contributed by atoms with van der Waals surface area (Å²) in [6.07, 6.45) is 3.47. The molecule has 19 heavy (non-hydrogen) atoms. The molecule has 0 spiro atoms. The number of hydrogen-bond acceptors (Lipinski definition) is 3. The summed E-state index contributed by atoms with van der Waals surface area (Å²) < 4.78 is 6.32. The molecule has 0 aliphatic heterocycles. The van der Waals surface area contributed by atoms with E-state index in [9.17, 15) is 0 Å². The molecular weight excluding hydrogens is 322 g/mol. The molecule has 0 radical (unpaired) electrons. The number of rotatable bonds is 10. The van der Waals surface area contributed by atoms with Crippen molar-refractivity contribution in [2.24, 2.45) is 0 Å². The van der Waals surface area contributed by atoms with E-state index in [1.54, 1.807) is 7.11 Å². The van der Waals surface area contributed by atoms with Crippen LogP contribution in [-0.4, -0.2) is 32.1 Å². The summed E-state index contributed by atoms with van der Waals surface area (Å²) in [7, 11) is 1.77. The van der Waals surface area contributed by atoms with Crippen LogP contribution in [0.15, 0.2) is 33.6 Å². The zero-order valence-electron chi connectivity index (χ0n) is 11.8. The number of methoxy groups -OCH3 is 1. The molecule has 0 aromatic heterocycles. The topological polar surface area (TPSA) is 21.3 Å². The molecule has 2 nitrogen and oxygen atoms in total. The highest BCUT2D eigenvalue weighted by Gasteiger charge is 2.09. The van der Waals surface area contributed by atoms with Gasteiger partial charge in [-0.2, -0.15) is 0 Å². The molecule has 0 aliphatic rings. The molecule has 0 aliphatic carbocycles. The van der Waals surface area contributed by atoms with Crippen molar-refractivity contribution in [3.63, 3.8) is 0 Å². The molecule has 1 atom stereocenters. The van der Waals surface area contributed by atoms with Gasteiger partial charge < -0.3 is 10.1 Å². The molecular formula is C15H24BrNOS. The largest absolute Gasteiger partial charge is 0.385 e. The highest BCUT2D eigenvalue weighted by Crippen LogP contribution is 2.27. The summed E-state index contributed by atoms with van der Waals surface area (Å²) in [5.41, 5.74) is 0. The molecule has 0 amide bonds. The summed E-state index contributed by atoms with van der Waals surface area (Å²) in [6, 6.07) is 8.97. The molecule has 1 N–H and O–H groups in total. The van der Waals surface area contributed by atoms with Gasteiger partial charge in [-0.15, -0.1) is 11.8 Å². The second-order valence-corrected chi connectivity index (χ2v) is 6.44. The van der Waals surface area contributed by atoms with Gasteiger partial charge in [-0.25, -0.2) is 0 Å². The maximum absolute atomic E-state index is 5.14. The monoisotopic (exact) mass is 345 g/mol.